The van der Waals surface area contributed by atoms with Crippen LogP contribution in [0.2, 0.25) is 0 Å². The summed E-state index contributed by atoms with van der Waals surface area (Å²) in [5.41, 5.74) is 3.92. The highest BCUT2D eigenvalue weighted by atomic mass is 15.4. The Bertz CT molecular complexity index is 1450. The standard InChI is InChI=1S/C24H17N6/c1-4-17-5-2-11-27-23(17)20(7-1)24-28-15-22(29-24)30(13-12-25-16-30)19-8-9-21-18(14-19)6-3-10-26-21/h1-16H,(H,28,29)/q+1. The molecule has 142 valence electrons. The van der Waals surface area contributed by atoms with Gasteiger partial charge in [-0.1, -0.05) is 24.3 Å². The largest absolute Gasteiger partial charge is 0.292 e. The van der Waals surface area contributed by atoms with E-state index in [4.69, 9.17) is 4.98 Å². The molecule has 30 heavy (non-hydrogen) atoms. The number of aromatic nitrogens is 4. The average molecular weight is 389 g/mol. The number of pyridine rings is 2. The Kier molecular flexibility index (Phi) is 3.60. The summed E-state index contributed by atoms with van der Waals surface area (Å²) in [6, 6.07) is 20.4. The number of quaternary nitrogens is 1. The number of rotatable bonds is 3. The number of hydrogen-bond acceptors (Lipinski definition) is 4. The van der Waals surface area contributed by atoms with Gasteiger partial charge < -0.3 is 0 Å². The molecule has 6 nitrogen and oxygen atoms in total. The minimum Gasteiger partial charge on any atom is -0.292 e. The Labute approximate surface area is 172 Å². The van der Waals surface area contributed by atoms with Gasteiger partial charge in [0.1, 0.15) is 18.2 Å². The van der Waals surface area contributed by atoms with Crippen LogP contribution in [-0.4, -0.2) is 26.3 Å². The van der Waals surface area contributed by atoms with E-state index in [9.17, 15) is 0 Å². The third-order valence-corrected chi connectivity index (χ3v) is 5.50. The van der Waals surface area contributed by atoms with Gasteiger partial charge in [-0.05, 0) is 24.3 Å². The van der Waals surface area contributed by atoms with Crippen LogP contribution in [0, 0.1) is 0 Å². The predicted octanol–water partition coefficient (Wildman–Crippen LogP) is 5.33. The van der Waals surface area contributed by atoms with E-state index in [1.165, 1.54) is 0 Å². The van der Waals surface area contributed by atoms with Crippen molar-refractivity contribution in [3.8, 4) is 11.4 Å². The number of fused-ring (bicyclic) bond motifs is 2. The van der Waals surface area contributed by atoms with Crippen LogP contribution < -0.4 is 4.48 Å². The minimum absolute atomic E-state index is 0.329. The normalized spacial score (nSPS) is 17.9. The molecule has 0 spiro atoms. The fourth-order valence-corrected chi connectivity index (χ4v) is 3.99. The molecule has 2 aromatic carbocycles. The van der Waals surface area contributed by atoms with Crippen LogP contribution >= 0.6 is 0 Å². The zero-order valence-electron chi connectivity index (χ0n) is 16.0. The predicted molar refractivity (Wildman–Crippen MR) is 120 cm³/mol. The molecule has 0 saturated carbocycles. The van der Waals surface area contributed by atoms with Crippen molar-refractivity contribution in [1.82, 2.24) is 24.4 Å². The number of nitrogens with one attached hydrogen (secondary N) is 1. The van der Waals surface area contributed by atoms with Crippen molar-refractivity contribution in [1.29, 1.82) is 0 Å². The van der Waals surface area contributed by atoms with Gasteiger partial charge in [-0.3, -0.25) is 15.0 Å². The molecular weight excluding hydrogens is 372 g/mol. The summed E-state index contributed by atoms with van der Waals surface area (Å²) >= 11 is 0. The first-order valence-corrected chi connectivity index (χ1v) is 9.69. The highest BCUT2D eigenvalue weighted by Gasteiger charge is 2.35. The van der Waals surface area contributed by atoms with Crippen molar-refractivity contribution >= 4 is 39.6 Å². The molecule has 0 aliphatic carbocycles. The molecule has 1 aliphatic rings. The lowest BCUT2D eigenvalue weighted by molar-refractivity contribution is 0.747. The number of aliphatic imine (C=N–C) groups is 1. The molecule has 0 bridgehead atoms. The summed E-state index contributed by atoms with van der Waals surface area (Å²) in [5, 5.41) is 2.17. The third-order valence-electron chi connectivity index (χ3n) is 5.50. The van der Waals surface area contributed by atoms with Gasteiger partial charge in [0.25, 0.3) is 0 Å². The van der Waals surface area contributed by atoms with Gasteiger partial charge in [0, 0.05) is 40.9 Å². The third kappa shape index (κ3) is 2.48. The van der Waals surface area contributed by atoms with Crippen LogP contribution in [0.4, 0.5) is 11.5 Å². The van der Waals surface area contributed by atoms with Gasteiger partial charge >= 0.3 is 0 Å². The second kappa shape index (κ2) is 6.43. The molecule has 5 aromatic rings. The Morgan fingerprint density at radius 2 is 1.67 bits per heavy atom. The Balaban J connectivity index is 1.51. The van der Waals surface area contributed by atoms with E-state index in [0.29, 0.717) is 4.48 Å². The number of H-pyrrole nitrogens is 1. The smallest absolute Gasteiger partial charge is 0.241 e. The number of aromatic amines is 1. The van der Waals surface area contributed by atoms with E-state index in [0.717, 1.165) is 44.7 Å². The molecule has 0 radical (unpaired) electrons. The lowest BCUT2D eigenvalue weighted by atomic mass is 10.1. The molecule has 0 fully saturated rings. The maximum atomic E-state index is 4.69. The van der Waals surface area contributed by atoms with Crippen LogP contribution in [0.1, 0.15) is 0 Å². The van der Waals surface area contributed by atoms with Gasteiger partial charge in [-0.15, -0.1) is 0 Å². The van der Waals surface area contributed by atoms with Crippen LogP contribution in [0.25, 0.3) is 33.2 Å². The van der Waals surface area contributed by atoms with E-state index < -0.39 is 0 Å². The lowest BCUT2D eigenvalue weighted by Gasteiger charge is -2.24. The Hall–Kier alpha value is -4.16. The molecule has 1 atom stereocenters. The molecule has 0 amide bonds. The Morgan fingerprint density at radius 3 is 2.57 bits per heavy atom. The first-order chi connectivity index (χ1) is 14.8. The van der Waals surface area contributed by atoms with Crippen LogP contribution in [0.3, 0.4) is 0 Å². The summed E-state index contributed by atoms with van der Waals surface area (Å²) in [5.74, 6) is 1.68. The van der Waals surface area contributed by atoms with E-state index in [2.05, 4.69) is 50.3 Å². The van der Waals surface area contributed by atoms with Crippen molar-refractivity contribution in [2.24, 2.45) is 4.99 Å². The lowest BCUT2D eigenvalue weighted by Crippen LogP contribution is -2.35. The second-order valence-corrected chi connectivity index (χ2v) is 7.22. The molecular formula is C24H17N6+. The van der Waals surface area contributed by atoms with Gasteiger partial charge in [0.05, 0.1) is 17.2 Å². The van der Waals surface area contributed by atoms with Crippen molar-refractivity contribution < 1.29 is 0 Å². The topological polar surface area (TPSA) is 66.8 Å². The zero-order chi connectivity index (χ0) is 20.0. The van der Waals surface area contributed by atoms with Crippen molar-refractivity contribution in [2.75, 3.05) is 0 Å². The SMILES string of the molecule is C1=C[N+](c2ccc3ncccc3c2)(c2cnc(-c3cccc4cccnc34)[nH]2)C=N1. The summed E-state index contributed by atoms with van der Waals surface area (Å²) in [4.78, 5) is 21.6. The molecule has 1 unspecified atom stereocenters. The summed E-state index contributed by atoms with van der Waals surface area (Å²) in [7, 11) is 0. The summed E-state index contributed by atoms with van der Waals surface area (Å²) in [6.07, 6.45) is 11.2. The number of nitrogens with zero attached hydrogens (tertiary/aromatic N) is 5. The van der Waals surface area contributed by atoms with Crippen molar-refractivity contribution in [2.45, 2.75) is 0 Å². The van der Waals surface area contributed by atoms with E-state index in [-0.39, 0.29) is 0 Å². The molecule has 1 N–H and O–H groups in total. The number of imidazole rings is 1. The van der Waals surface area contributed by atoms with Gasteiger partial charge in [-0.25, -0.2) is 9.98 Å². The average Bonchev–Trinajstić information content (AvgIpc) is 3.49. The second-order valence-electron chi connectivity index (χ2n) is 7.22. The van der Waals surface area contributed by atoms with Crippen molar-refractivity contribution in [3.05, 3.63) is 91.7 Å². The van der Waals surface area contributed by atoms with Crippen LogP contribution in [-0.2, 0) is 0 Å². The van der Waals surface area contributed by atoms with E-state index in [1.807, 2.05) is 67.7 Å². The molecule has 1 aliphatic heterocycles. The fourth-order valence-electron chi connectivity index (χ4n) is 3.99. The number of benzene rings is 2. The summed E-state index contributed by atoms with van der Waals surface area (Å²) < 4.78 is 0.329. The first kappa shape index (κ1) is 16.8. The summed E-state index contributed by atoms with van der Waals surface area (Å²) in [6.45, 7) is 0. The molecule has 0 saturated heterocycles. The molecule has 6 rings (SSSR count). The highest BCUT2D eigenvalue weighted by Crippen LogP contribution is 2.37. The molecule has 3 aromatic heterocycles. The maximum absolute atomic E-state index is 4.69. The van der Waals surface area contributed by atoms with Crippen molar-refractivity contribution in [3.63, 3.8) is 0 Å². The first-order valence-electron chi connectivity index (χ1n) is 9.69. The van der Waals surface area contributed by atoms with E-state index >= 15 is 0 Å². The monoisotopic (exact) mass is 389 g/mol. The fraction of sp³-hybridized carbons (Fsp3) is 0. The minimum atomic E-state index is 0.329. The van der Waals surface area contributed by atoms with Crippen LogP contribution in [0.15, 0.2) is 96.6 Å². The van der Waals surface area contributed by atoms with E-state index in [1.54, 1.807) is 0 Å². The van der Waals surface area contributed by atoms with Gasteiger partial charge in [0.2, 0.25) is 12.2 Å². The maximum Gasteiger partial charge on any atom is 0.241 e. The van der Waals surface area contributed by atoms with Gasteiger partial charge in [0.15, 0.2) is 5.69 Å². The van der Waals surface area contributed by atoms with Crippen LogP contribution in [0.5, 0.6) is 0 Å². The highest BCUT2D eigenvalue weighted by molar-refractivity contribution is 5.94. The number of para-hydroxylation sites is 1. The van der Waals surface area contributed by atoms with Gasteiger partial charge in [-0.2, -0.15) is 4.48 Å². The molecule has 4 heterocycles. The molecule has 6 heteroatoms. The zero-order valence-corrected chi connectivity index (χ0v) is 16.0. The Morgan fingerprint density at radius 1 is 0.800 bits per heavy atom. The quantitative estimate of drug-likeness (QED) is 0.424. The number of hydrogen-bond donors (Lipinski definition) is 1.